The Bertz CT molecular complexity index is 663. The maximum atomic E-state index is 11.6. The third-order valence-corrected chi connectivity index (χ3v) is 4.12. The standard InChI is InChI=1S/C12H16N8O/c1-18-10(8-4-14-15-5-8)16-17-11(18)19-2-3-20-9(7-19)6-13-12(20)21/h4-5,9H,2-3,6-7H2,1H3,(H,13,21)(H,14,15). The van der Waals surface area contributed by atoms with E-state index in [-0.39, 0.29) is 12.1 Å². The molecule has 2 saturated heterocycles. The first-order valence-electron chi connectivity index (χ1n) is 6.92. The van der Waals surface area contributed by atoms with Crippen LogP contribution in [0.5, 0.6) is 0 Å². The number of hydrogen-bond donors (Lipinski definition) is 2. The second-order valence-electron chi connectivity index (χ2n) is 5.35. The summed E-state index contributed by atoms with van der Waals surface area (Å²) in [5, 5.41) is 18.2. The Hall–Kier alpha value is -2.58. The van der Waals surface area contributed by atoms with E-state index in [1.807, 2.05) is 16.5 Å². The Morgan fingerprint density at radius 3 is 3.05 bits per heavy atom. The second kappa shape index (κ2) is 4.47. The van der Waals surface area contributed by atoms with Gasteiger partial charge < -0.3 is 15.1 Å². The molecule has 0 aromatic carbocycles. The van der Waals surface area contributed by atoms with Crippen LogP contribution in [0.25, 0.3) is 11.4 Å². The molecule has 0 saturated carbocycles. The molecule has 21 heavy (non-hydrogen) atoms. The molecule has 2 aromatic heterocycles. The number of H-pyrrole nitrogens is 1. The number of nitrogens with one attached hydrogen (secondary N) is 2. The van der Waals surface area contributed by atoms with Gasteiger partial charge in [-0.2, -0.15) is 5.10 Å². The molecule has 9 heteroatoms. The zero-order valence-electron chi connectivity index (χ0n) is 11.7. The Balaban J connectivity index is 1.59. The zero-order chi connectivity index (χ0) is 14.4. The minimum atomic E-state index is 0.0386. The summed E-state index contributed by atoms with van der Waals surface area (Å²) in [7, 11) is 1.95. The van der Waals surface area contributed by atoms with Crippen molar-refractivity contribution in [2.45, 2.75) is 6.04 Å². The number of amides is 2. The highest BCUT2D eigenvalue weighted by Gasteiger charge is 2.36. The summed E-state index contributed by atoms with van der Waals surface area (Å²) in [5.41, 5.74) is 0.910. The van der Waals surface area contributed by atoms with E-state index in [4.69, 9.17) is 0 Å². The number of aromatic nitrogens is 5. The van der Waals surface area contributed by atoms with Gasteiger partial charge in [-0.3, -0.25) is 9.67 Å². The first-order valence-corrected chi connectivity index (χ1v) is 6.92. The SMILES string of the molecule is Cn1c(-c2cn[nH]c2)nnc1N1CCN2C(=O)NCC2C1. The molecule has 4 heterocycles. The van der Waals surface area contributed by atoms with Crippen LogP contribution >= 0.6 is 0 Å². The maximum absolute atomic E-state index is 11.6. The fraction of sp³-hybridized carbons (Fsp3) is 0.500. The molecule has 1 unspecified atom stereocenters. The third-order valence-electron chi connectivity index (χ3n) is 4.12. The molecule has 2 amide bonds. The van der Waals surface area contributed by atoms with Gasteiger partial charge >= 0.3 is 6.03 Å². The van der Waals surface area contributed by atoms with Crippen molar-refractivity contribution < 1.29 is 4.79 Å². The van der Waals surface area contributed by atoms with Crippen molar-refractivity contribution >= 4 is 12.0 Å². The average molecular weight is 288 g/mol. The van der Waals surface area contributed by atoms with E-state index in [1.54, 1.807) is 12.4 Å². The van der Waals surface area contributed by atoms with Gasteiger partial charge in [0.25, 0.3) is 0 Å². The van der Waals surface area contributed by atoms with Crippen LogP contribution in [0.3, 0.4) is 0 Å². The molecule has 0 bridgehead atoms. The number of carbonyl (C=O) groups is 1. The predicted octanol–water partition coefficient (Wildman–Crippen LogP) is -0.581. The van der Waals surface area contributed by atoms with Crippen molar-refractivity contribution in [1.82, 2.24) is 35.2 Å². The van der Waals surface area contributed by atoms with E-state index in [1.165, 1.54) is 0 Å². The van der Waals surface area contributed by atoms with Crippen molar-refractivity contribution in [3.63, 3.8) is 0 Å². The Labute approximate surface area is 120 Å². The highest BCUT2D eigenvalue weighted by Crippen LogP contribution is 2.23. The van der Waals surface area contributed by atoms with Crippen molar-refractivity contribution in [2.75, 3.05) is 31.1 Å². The van der Waals surface area contributed by atoms with Crippen LogP contribution in [-0.2, 0) is 7.05 Å². The minimum absolute atomic E-state index is 0.0386. The molecule has 0 spiro atoms. The number of aromatic amines is 1. The number of piperazine rings is 1. The van der Waals surface area contributed by atoms with E-state index in [0.29, 0.717) is 13.1 Å². The number of anilines is 1. The van der Waals surface area contributed by atoms with Gasteiger partial charge in [0.05, 0.1) is 17.8 Å². The van der Waals surface area contributed by atoms with Gasteiger partial charge in [-0.15, -0.1) is 10.2 Å². The summed E-state index contributed by atoms with van der Waals surface area (Å²) < 4.78 is 1.96. The van der Waals surface area contributed by atoms with Crippen LogP contribution in [0.4, 0.5) is 10.7 Å². The van der Waals surface area contributed by atoms with E-state index >= 15 is 0 Å². The molecule has 2 aromatic rings. The lowest BCUT2D eigenvalue weighted by molar-refractivity contribution is 0.197. The fourth-order valence-electron chi connectivity index (χ4n) is 3.01. The number of fused-ring (bicyclic) bond motifs is 1. The van der Waals surface area contributed by atoms with Crippen LogP contribution in [0.15, 0.2) is 12.4 Å². The summed E-state index contributed by atoms with van der Waals surface area (Å²) in [6.45, 7) is 2.95. The molecule has 1 atom stereocenters. The van der Waals surface area contributed by atoms with Crippen LogP contribution in [0.2, 0.25) is 0 Å². The Kier molecular flexibility index (Phi) is 2.59. The molecule has 9 nitrogen and oxygen atoms in total. The van der Waals surface area contributed by atoms with Crippen LogP contribution in [-0.4, -0.2) is 68.1 Å². The maximum Gasteiger partial charge on any atom is 0.317 e. The zero-order valence-corrected chi connectivity index (χ0v) is 11.7. The highest BCUT2D eigenvalue weighted by molar-refractivity contribution is 5.77. The van der Waals surface area contributed by atoms with E-state index in [2.05, 4.69) is 30.6 Å². The largest absolute Gasteiger partial charge is 0.337 e. The molecule has 2 N–H and O–H groups in total. The van der Waals surface area contributed by atoms with Crippen LogP contribution in [0, 0.1) is 0 Å². The molecule has 2 fully saturated rings. The predicted molar refractivity (Wildman–Crippen MR) is 74.7 cm³/mol. The number of nitrogens with zero attached hydrogens (tertiary/aromatic N) is 6. The molecular weight excluding hydrogens is 272 g/mol. The normalized spacial score (nSPS) is 21.6. The number of urea groups is 1. The molecule has 0 aliphatic carbocycles. The van der Waals surface area contributed by atoms with Crippen LogP contribution < -0.4 is 10.2 Å². The summed E-state index contributed by atoms with van der Waals surface area (Å²) in [4.78, 5) is 15.7. The van der Waals surface area contributed by atoms with Gasteiger partial charge in [0, 0.05) is 39.4 Å². The molecular formula is C12H16N8O. The summed E-state index contributed by atoms with van der Waals surface area (Å²) in [6, 6.07) is 0.247. The van der Waals surface area contributed by atoms with Crippen molar-refractivity contribution in [1.29, 1.82) is 0 Å². The molecule has 2 aliphatic heterocycles. The lowest BCUT2D eigenvalue weighted by Crippen LogP contribution is -2.52. The van der Waals surface area contributed by atoms with Crippen LogP contribution in [0.1, 0.15) is 0 Å². The topological polar surface area (TPSA) is 95.0 Å². The first-order chi connectivity index (χ1) is 10.2. The van der Waals surface area contributed by atoms with Gasteiger partial charge in [-0.05, 0) is 0 Å². The number of hydrogen-bond acceptors (Lipinski definition) is 5. The molecule has 4 rings (SSSR count). The molecule has 2 aliphatic rings. The monoisotopic (exact) mass is 288 g/mol. The summed E-state index contributed by atoms with van der Waals surface area (Å²) >= 11 is 0. The van der Waals surface area contributed by atoms with Gasteiger partial charge in [0.2, 0.25) is 5.95 Å². The lowest BCUT2D eigenvalue weighted by atomic mass is 10.2. The van der Waals surface area contributed by atoms with E-state index in [9.17, 15) is 4.79 Å². The molecule has 0 radical (unpaired) electrons. The van der Waals surface area contributed by atoms with Gasteiger partial charge in [0.1, 0.15) is 0 Å². The summed E-state index contributed by atoms with van der Waals surface area (Å²) in [6.07, 6.45) is 3.52. The van der Waals surface area contributed by atoms with Crippen molar-refractivity contribution in [3.05, 3.63) is 12.4 Å². The van der Waals surface area contributed by atoms with E-state index in [0.717, 1.165) is 30.4 Å². The van der Waals surface area contributed by atoms with Gasteiger partial charge in [0.15, 0.2) is 5.82 Å². The number of carbonyl (C=O) groups excluding carboxylic acids is 1. The lowest BCUT2D eigenvalue weighted by Gasteiger charge is -2.36. The smallest absolute Gasteiger partial charge is 0.317 e. The van der Waals surface area contributed by atoms with E-state index < -0.39 is 0 Å². The third kappa shape index (κ3) is 1.84. The highest BCUT2D eigenvalue weighted by atomic mass is 16.2. The van der Waals surface area contributed by atoms with Crippen molar-refractivity contribution in [3.8, 4) is 11.4 Å². The summed E-state index contributed by atoms with van der Waals surface area (Å²) in [5.74, 6) is 1.60. The first kappa shape index (κ1) is 12.2. The fourth-order valence-corrected chi connectivity index (χ4v) is 3.01. The molecule has 110 valence electrons. The Morgan fingerprint density at radius 2 is 2.24 bits per heavy atom. The van der Waals surface area contributed by atoms with Gasteiger partial charge in [-0.1, -0.05) is 0 Å². The van der Waals surface area contributed by atoms with Crippen molar-refractivity contribution in [2.24, 2.45) is 7.05 Å². The number of rotatable bonds is 2. The Morgan fingerprint density at radius 1 is 1.33 bits per heavy atom. The van der Waals surface area contributed by atoms with Gasteiger partial charge in [-0.25, -0.2) is 4.79 Å². The second-order valence-corrected chi connectivity index (χ2v) is 5.35. The average Bonchev–Trinajstić information content (AvgIpc) is 3.19. The minimum Gasteiger partial charge on any atom is -0.337 e. The quantitative estimate of drug-likeness (QED) is 0.771.